The summed E-state index contributed by atoms with van der Waals surface area (Å²) in [5.74, 6) is 0.498. The quantitative estimate of drug-likeness (QED) is 0.855. The lowest BCUT2D eigenvalue weighted by molar-refractivity contribution is 0.352. The van der Waals surface area contributed by atoms with Crippen LogP contribution in [0, 0.1) is 0 Å². The lowest BCUT2D eigenvalue weighted by Crippen LogP contribution is -2.16. The fourth-order valence-electron chi connectivity index (χ4n) is 1.46. The van der Waals surface area contributed by atoms with Crippen LogP contribution in [0.5, 0.6) is 0 Å². The molecule has 2 aromatic rings. The molecular formula is C11H13BrN4O3S. The summed E-state index contributed by atoms with van der Waals surface area (Å²) in [6.45, 7) is 0. The molecule has 0 radical (unpaired) electrons. The van der Waals surface area contributed by atoms with Crippen molar-refractivity contribution < 1.29 is 12.9 Å². The van der Waals surface area contributed by atoms with E-state index in [0.29, 0.717) is 11.5 Å². The third kappa shape index (κ3) is 4.09. The molecule has 9 heteroatoms. The summed E-state index contributed by atoms with van der Waals surface area (Å²) < 4.78 is 28.1. The normalized spacial score (nSPS) is 13.3. The maximum atomic E-state index is 11.1. The minimum absolute atomic E-state index is 0.0254. The Morgan fingerprint density at radius 3 is 2.80 bits per heavy atom. The highest BCUT2D eigenvalue weighted by molar-refractivity contribution is 9.10. The minimum atomic E-state index is -3.06. The molecule has 0 aliphatic carbocycles. The Labute approximate surface area is 124 Å². The molecule has 0 aliphatic heterocycles. The smallest absolute Gasteiger partial charge is 0.243 e. The molecule has 0 amide bonds. The van der Waals surface area contributed by atoms with Gasteiger partial charge in [0, 0.05) is 16.9 Å². The predicted molar refractivity (Wildman–Crippen MR) is 76.5 cm³/mol. The predicted octanol–water partition coefficient (Wildman–Crippen LogP) is 1.33. The van der Waals surface area contributed by atoms with Gasteiger partial charge in [0.25, 0.3) is 0 Å². The highest BCUT2D eigenvalue weighted by Gasteiger charge is 2.18. The third-order valence-corrected chi connectivity index (χ3v) is 3.96. The van der Waals surface area contributed by atoms with Gasteiger partial charge in [-0.1, -0.05) is 5.16 Å². The molecule has 2 aromatic heterocycles. The molecule has 0 saturated carbocycles. The Kier molecular flexibility index (Phi) is 4.51. The summed E-state index contributed by atoms with van der Waals surface area (Å²) in [5, 5.41) is 3.79. The van der Waals surface area contributed by atoms with Crippen LogP contribution < -0.4 is 5.73 Å². The second-order valence-corrected chi connectivity index (χ2v) is 7.52. The zero-order chi connectivity index (χ0) is 14.8. The van der Waals surface area contributed by atoms with Crippen LogP contribution in [0.3, 0.4) is 0 Å². The molecule has 2 N–H and O–H groups in total. The number of pyridine rings is 1. The zero-order valence-corrected chi connectivity index (χ0v) is 13.1. The van der Waals surface area contributed by atoms with Gasteiger partial charge in [-0.05, 0) is 34.5 Å². The largest absolute Gasteiger partial charge is 0.337 e. The van der Waals surface area contributed by atoms with E-state index in [-0.39, 0.29) is 18.1 Å². The molecule has 0 fully saturated rings. The highest BCUT2D eigenvalue weighted by Crippen LogP contribution is 2.19. The van der Waals surface area contributed by atoms with Crippen LogP contribution in [0.15, 0.2) is 27.3 Å². The first-order valence-electron chi connectivity index (χ1n) is 5.74. The summed E-state index contributed by atoms with van der Waals surface area (Å²) >= 11 is 3.28. The topological polar surface area (TPSA) is 112 Å². The minimum Gasteiger partial charge on any atom is -0.337 e. The molecule has 108 valence electrons. The van der Waals surface area contributed by atoms with Gasteiger partial charge in [0.05, 0.1) is 11.8 Å². The number of rotatable bonds is 5. The van der Waals surface area contributed by atoms with E-state index < -0.39 is 15.9 Å². The van der Waals surface area contributed by atoms with Gasteiger partial charge in [-0.15, -0.1) is 0 Å². The van der Waals surface area contributed by atoms with E-state index in [2.05, 4.69) is 31.1 Å². The fraction of sp³-hybridized carbons (Fsp3) is 0.364. The van der Waals surface area contributed by atoms with Crippen molar-refractivity contribution in [3.8, 4) is 11.5 Å². The number of hydrogen-bond donors (Lipinski definition) is 1. The van der Waals surface area contributed by atoms with Gasteiger partial charge in [0.1, 0.15) is 15.5 Å². The van der Waals surface area contributed by atoms with Crippen molar-refractivity contribution in [1.29, 1.82) is 0 Å². The van der Waals surface area contributed by atoms with Gasteiger partial charge in [-0.25, -0.2) is 8.42 Å². The van der Waals surface area contributed by atoms with E-state index in [9.17, 15) is 8.42 Å². The molecule has 2 heterocycles. The van der Waals surface area contributed by atoms with E-state index >= 15 is 0 Å². The zero-order valence-electron chi connectivity index (χ0n) is 10.7. The van der Waals surface area contributed by atoms with Gasteiger partial charge in [0.15, 0.2) is 0 Å². The van der Waals surface area contributed by atoms with Crippen molar-refractivity contribution in [3.05, 3.63) is 28.7 Å². The number of aromatic nitrogens is 3. The van der Waals surface area contributed by atoms with Crippen molar-refractivity contribution in [2.75, 3.05) is 12.0 Å². The molecule has 20 heavy (non-hydrogen) atoms. The van der Waals surface area contributed by atoms with Crippen LogP contribution in [-0.2, 0) is 9.84 Å². The molecule has 0 aromatic carbocycles. The van der Waals surface area contributed by atoms with Crippen LogP contribution in [0.25, 0.3) is 11.5 Å². The van der Waals surface area contributed by atoms with Crippen molar-refractivity contribution in [3.63, 3.8) is 0 Å². The molecule has 0 saturated heterocycles. The van der Waals surface area contributed by atoms with Crippen LogP contribution in [0.1, 0.15) is 18.4 Å². The molecule has 0 aliphatic rings. The van der Waals surface area contributed by atoms with Crippen molar-refractivity contribution in [2.45, 2.75) is 12.5 Å². The second-order valence-electron chi connectivity index (χ2n) is 4.34. The van der Waals surface area contributed by atoms with Gasteiger partial charge < -0.3 is 10.3 Å². The van der Waals surface area contributed by atoms with Crippen molar-refractivity contribution in [2.24, 2.45) is 5.73 Å². The number of halogens is 1. The number of hydrogen-bond acceptors (Lipinski definition) is 7. The molecule has 0 bridgehead atoms. The van der Waals surface area contributed by atoms with E-state index in [1.54, 1.807) is 12.3 Å². The maximum Gasteiger partial charge on any atom is 0.243 e. The Morgan fingerprint density at radius 1 is 1.45 bits per heavy atom. The molecule has 7 nitrogen and oxygen atoms in total. The first-order valence-corrected chi connectivity index (χ1v) is 8.59. The average molecular weight is 361 g/mol. The lowest BCUT2D eigenvalue weighted by Gasteiger charge is -2.04. The summed E-state index contributed by atoms with van der Waals surface area (Å²) in [5.41, 5.74) is 6.38. The number of nitrogens with two attached hydrogens (primary N) is 1. The van der Waals surface area contributed by atoms with Gasteiger partial charge in [-0.2, -0.15) is 4.98 Å². The Morgan fingerprint density at radius 2 is 2.20 bits per heavy atom. The Hall–Kier alpha value is -1.32. The van der Waals surface area contributed by atoms with Crippen LogP contribution in [0.2, 0.25) is 0 Å². The SMILES string of the molecule is CS(=O)(=O)CCC(N)c1nc(-c2ccc(Br)cn2)no1. The molecule has 1 atom stereocenters. The van der Waals surface area contributed by atoms with Crippen molar-refractivity contribution in [1.82, 2.24) is 15.1 Å². The molecule has 1 unspecified atom stereocenters. The van der Waals surface area contributed by atoms with Gasteiger partial charge in [0.2, 0.25) is 11.7 Å². The Balaban J connectivity index is 2.10. The number of sulfone groups is 1. The van der Waals surface area contributed by atoms with Crippen LogP contribution in [-0.4, -0.2) is 35.6 Å². The number of nitrogens with zero attached hydrogens (tertiary/aromatic N) is 3. The Bertz CT molecular complexity index is 684. The van der Waals surface area contributed by atoms with Crippen LogP contribution in [0.4, 0.5) is 0 Å². The monoisotopic (exact) mass is 360 g/mol. The first-order chi connectivity index (χ1) is 9.35. The van der Waals surface area contributed by atoms with Crippen LogP contribution >= 0.6 is 15.9 Å². The van der Waals surface area contributed by atoms with E-state index in [1.807, 2.05) is 6.07 Å². The molecular weight excluding hydrogens is 348 g/mol. The fourth-order valence-corrected chi connectivity index (χ4v) is 2.38. The highest BCUT2D eigenvalue weighted by atomic mass is 79.9. The summed E-state index contributed by atoms with van der Waals surface area (Å²) in [7, 11) is -3.06. The standard InChI is InChI=1S/C11H13BrN4O3S/c1-20(17,18)5-4-8(13)11-15-10(16-19-11)9-3-2-7(12)6-14-9/h2-3,6,8H,4-5,13H2,1H3. The van der Waals surface area contributed by atoms with E-state index in [1.165, 1.54) is 0 Å². The van der Waals surface area contributed by atoms with Gasteiger partial charge in [-0.3, -0.25) is 4.98 Å². The van der Waals surface area contributed by atoms with Gasteiger partial charge >= 0.3 is 0 Å². The third-order valence-electron chi connectivity index (χ3n) is 2.52. The summed E-state index contributed by atoms with van der Waals surface area (Å²) in [4.78, 5) is 8.27. The summed E-state index contributed by atoms with van der Waals surface area (Å²) in [6.07, 6.45) is 3.01. The first kappa shape index (κ1) is 15.1. The van der Waals surface area contributed by atoms with E-state index in [4.69, 9.17) is 10.3 Å². The second kappa shape index (κ2) is 5.98. The lowest BCUT2D eigenvalue weighted by atomic mass is 10.2. The average Bonchev–Trinajstić information content (AvgIpc) is 2.85. The summed E-state index contributed by atoms with van der Waals surface area (Å²) in [6, 6.07) is 2.93. The molecule has 2 rings (SSSR count). The van der Waals surface area contributed by atoms with Crippen molar-refractivity contribution >= 4 is 25.8 Å². The maximum absolute atomic E-state index is 11.1. The van der Waals surface area contributed by atoms with E-state index in [0.717, 1.165) is 10.7 Å². The molecule has 0 spiro atoms.